The Kier molecular flexibility index (Phi) is 8.61. The fraction of sp³-hybridized carbons (Fsp3) is 0.259. The van der Waals surface area contributed by atoms with E-state index in [1.165, 1.54) is 27.8 Å². The van der Waals surface area contributed by atoms with Crippen LogP contribution in [0.25, 0.3) is 10.2 Å². The predicted molar refractivity (Wildman–Crippen MR) is 151 cm³/mol. The third-order valence-electron chi connectivity index (χ3n) is 5.86. The summed E-state index contributed by atoms with van der Waals surface area (Å²) in [6.07, 6.45) is 0.756. The quantitative estimate of drug-likeness (QED) is 0.262. The number of hydrogen-bond donors (Lipinski definition) is 0. The summed E-state index contributed by atoms with van der Waals surface area (Å²) in [6.45, 7) is 1.54. The van der Waals surface area contributed by atoms with E-state index in [9.17, 15) is 13.2 Å². The lowest BCUT2D eigenvalue weighted by molar-refractivity contribution is 0.0986. The number of halogens is 1. The van der Waals surface area contributed by atoms with Crippen LogP contribution >= 0.6 is 22.9 Å². The van der Waals surface area contributed by atoms with Crippen LogP contribution in [0.3, 0.4) is 0 Å². The summed E-state index contributed by atoms with van der Waals surface area (Å²) in [5.74, 6) is -0.231. The highest BCUT2D eigenvalue weighted by Gasteiger charge is 2.24. The minimum absolute atomic E-state index is 0.135. The first-order chi connectivity index (χ1) is 17.6. The van der Waals surface area contributed by atoms with E-state index in [4.69, 9.17) is 11.6 Å². The van der Waals surface area contributed by atoms with Gasteiger partial charge < -0.3 is 4.90 Å². The van der Waals surface area contributed by atoms with Crippen LogP contribution < -0.4 is 4.90 Å². The van der Waals surface area contributed by atoms with Crippen molar-refractivity contribution in [3.63, 3.8) is 0 Å². The minimum atomic E-state index is -3.72. The normalized spacial score (nSPS) is 11.9. The van der Waals surface area contributed by atoms with E-state index < -0.39 is 10.0 Å². The number of thiazole rings is 1. The number of amides is 1. The number of fused-ring (bicyclic) bond motifs is 1. The molecule has 3 aromatic carbocycles. The van der Waals surface area contributed by atoms with Gasteiger partial charge in [0.25, 0.3) is 5.91 Å². The second-order valence-corrected chi connectivity index (χ2v) is 12.5. The molecule has 0 saturated carbocycles. The number of anilines is 1. The fourth-order valence-corrected chi connectivity index (χ4v) is 6.29. The molecule has 4 rings (SSSR count). The summed E-state index contributed by atoms with van der Waals surface area (Å²) in [7, 11) is 1.80. The average Bonchev–Trinajstić information content (AvgIpc) is 3.29. The van der Waals surface area contributed by atoms with Crippen LogP contribution in [-0.2, 0) is 16.6 Å². The van der Waals surface area contributed by atoms with Gasteiger partial charge in [-0.05, 0) is 75.1 Å². The maximum Gasteiger partial charge on any atom is 0.260 e. The van der Waals surface area contributed by atoms with Gasteiger partial charge in [-0.15, -0.1) is 0 Å². The van der Waals surface area contributed by atoms with E-state index in [0.717, 1.165) is 28.7 Å². The lowest BCUT2D eigenvalue weighted by Crippen LogP contribution is -2.33. The number of carbonyl (C=O) groups is 1. The molecular formula is C27H29ClN4O3S2. The van der Waals surface area contributed by atoms with E-state index in [1.807, 2.05) is 56.6 Å². The van der Waals surface area contributed by atoms with Gasteiger partial charge in [0, 0.05) is 30.7 Å². The lowest BCUT2D eigenvalue weighted by atomic mass is 10.2. The largest absolute Gasteiger partial charge is 0.309 e. The van der Waals surface area contributed by atoms with Crippen LogP contribution in [0.1, 0.15) is 22.3 Å². The van der Waals surface area contributed by atoms with Crippen molar-refractivity contribution in [2.45, 2.75) is 17.9 Å². The van der Waals surface area contributed by atoms with Crippen LogP contribution in [0, 0.1) is 0 Å². The van der Waals surface area contributed by atoms with Crippen molar-refractivity contribution in [1.29, 1.82) is 0 Å². The number of nitrogens with zero attached hydrogens (tertiary/aromatic N) is 4. The van der Waals surface area contributed by atoms with Crippen molar-refractivity contribution in [2.24, 2.45) is 0 Å². The summed E-state index contributed by atoms with van der Waals surface area (Å²) < 4.78 is 28.4. The first-order valence-corrected chi connectivity index (χ1v) is 14.4. The van der Waals surface area contributed by atoms with E-state index in [0.29, 0.717) is 22.3 Å². The van der Waals surface area contributed by atoms with Crippen molar-refractivity contribution >= 4 is 54.2 Å². The molecule has 0 fully saturated rings. The molecule has 0 aliphatic carbocycles. The van der Waals surface area contributed by atoms with Crippen molar-refractivity contribution in [3.05, 3.63) is 88.9 Å². The topological polar surface area (TPSA) is 73.8 Å². The Morgan fingerprint density at radius 3 is 2.32 bits per heavy atom. The number of aromatic nitrogens is 1. The Hall–Kier alpha value is -2.82. The summed E-state index contributed by atoms with van der Waals surface area (Å²) in [6, 6.07) is 21.0. The standard InChI is InChI=1S/C27H29ClN4O3S2/c1-30(2)16-7-17-32(27-29-24-15-12-22(28)18-25(24)36-27)26(33)21-10-13-23(14-11-21)37(34,35)31(3)19-20-8-5-4-6-9-20/h4-6,8-15,18H,7,16-17,19H2,1-3H3. The second kappa shape index (κ2) is 11.7. The van der Waals surface area contributed by atoms with Crippen LogP contribution in [0.15, 0.2) is 77.7 Å². The van der Waals surface area contributed by atoms with Gasteiger partial charge in [-0.2, -0.15) is 4.31 Å². The minimum Gasteiger partial charge on any atom is -0.309 e. The summed E-state index contributed by atoms with van der Waals surface area (Å²) in [4.78, 5) is 22.1. The highest BCUT2D eigenvalue weighted by molar-refractivity contribution is 7.89. The Morgan fingerprint density at radius 2 is 1.65 bits per heavy atom. The number of carbonyl (C=O) groups excluding carboxylic acids is 1. The molecule has 1 aromatic heterocycles. The Bertz CT molecular complexity index is 1470. The molecule has 0 bridgehead atoms. The molecule has 0 unspecified atom stereocenters. The van der Waals surface area contributed by atoms with E-state index in [2.05, 4.69) is 9.88 Å². The fourth-order valence-electron chi connectivity index (χ4n) is 3.86. The molecule has 0 atom stereocenters. The molecule has 1 heterocycles. The molecule has 0 spiro atoms. The van der Waals surface area contributed by atoms with Crippen molar-refractivity contribution in [2.75, 3.05) is 39.1 Å². The Labute approximate surface area is 227 Å². The van der Waals surface area contributed by atoms with Gasteiger partial charge in [0.1, 0.15) is 0 Å². The number of benzene rings is 3. The van der Waals surface area contributed by atoms with Gasteiger partial charge in [0.05, 0.1) is 15.1 Å². The van der Waals surface area contributed by atoms with Crippen LogP contribution in [0.4, 0.5) is 5.13 Å². The van der Waals surface area contributed by atoms with E-state index in [-0.39, 0.29) is 17.3 Å². The summed E-state index contributed by atoms with van der Waals surface area (Å²) in [5, 5.41) is 1.20. The van der Waals surface area contributed by atoms with Crippen molar-refractivity contribution in [1.82, 2.24) is 14.2 Å². The smallest absolute Gasteiger partial charge is 0.260 e. The molecule has 10 heteroatoms. The van der Waals surface area contributed by atoms with Gasteiger partial charge in [-0.25, -0.2) is 13.4 Å². The molecule has 0 aliphatic rings. The molecule has 1 amide bonds. The number of hydrogen-bond acceptors (Lipinski definition) is 6. The number of rotatable bonds is 10. The van der Waals surface area contributed by atoms with Crippen molar-refractivity contribution < 1.29 is 13.2 Å². The van der Waals surface area contributed by atoms with Crippen LogP contribution in [0.5, 0.6) is 0 Å². The summed E-state index contributed by atoms with van der Waals surface area (Å²) >= 11 is 7.55. The third-order valence-corrected chi connectivity index (χ3v) is 8.95. The van der Waals surface area contributed by atoms with Crippen molar-refractivity contribution in [3.8, 4) is 0 Å². The maximum absolute atomic E-state index is 13.6. The molecule has 0 N–H and O–H groups in total. The molecule has 194 valence electrons. The monoisotopic (exact) mass is 556 g/mol. The van der Waals surface area contributed by atoms with Gasteiger partial charge in [0.2, 0.25) is 10.0 Å². The number of sulfonamides is 1. The Balaban J connectivity index is 1.57. The molecule has 4 aromatic rings. The summed E-state index contributed by atoms with van der Waals surface area (Å²) in [5.41, 5.74) is 2.07. The maximum atomic E-state index is 13.6. The van der Waals surface area contributed by atoms with Crippen LogP contribution in [0.2, 0.25) is 5.02 Å². The van der Waals surface area contributed by atoms with Gasteiger partial charge in [-0.3, -0.25) is 9.69 Å². The molecule has 37 heavy (non-hydrogen) atoms. The first-order valence-electron chi connectivity index (χ1n) is 11.8. The molecule has 0 aliphatic heterocycles. The predicted octanol–water partition coefficient (Wildman–Crippen LogP) is 5.37. The van der Waals surface area contributed by atoms with Gasteiger partial charge in [-0.1, -0.05) is 53.3 Å². The molecule has 7 nitrogen and oxygen atoms in total. The van der Waals surface area contributed by atoms with E-state index in [1.54, 1.807) is 30.1 Å². The highest BCUT2D eigenvalue weighted by Crippen LogP contribution is 2.32. The lowest BCUT2D eigenvalue weighted by Gasteiger charge is -2.21. The van der Waals surface area contributed by atoms with Gasteiger partial charge >= 0.3 is 0 Å². The zero-order chi connectivity index (χ0) is 26.6. The molecule has 0 radical (unpaired) electrons. The zero-order valence-corrected chi connectivity index (χ0v) is 23.4. The molecular weight excluding hydrogens is 528 g/mol. The molecule has 0 saturated heterocycles. The first kappa shape index (κ1) is 27.2. The Morgan fingerprint density at radius 1 is 0.946 bits per heavy atom. The highest BCUT2D eigenvalue weighted by atomic mass is 35.5. The zero-order valence-electron chi connectivity index (χ0n) is 21.0. The second-order valence-electron chi connectivity index (χ2n) is 8.99. The van der Waals surface area contributed by atoms with E-state index >= 15 is 0 Å². The van der Waals surface area contributed by atoms with Crippen LogP contribution in [-0.4, -0.2) is 62.7 Å². The average molecular weight is 557 g/mol. The third kappa shape index (κ3) is 6.55. The van der Waals surface area contributed by atoms with Gasteiger partial charge in [0.15, 0.2) is 5.13 Å². The SMILES string of the molecule is CN(C)CCCN(C(=O)c1ccc(S(=O)(=O)N(C)Cc2ccccc2)cc1)c1nc2ccc(Cl)cc2s1.